The molecule has 1 N–H and O–H groups in total. The summed E-state index contributed by atoms with van der Waals surface area (Å²) in [6.07, 6.45) is 6.26. The third kappa shape index (κ3) is 4.55. The second kappa shape index (κ2) is 8.45. The lowest BCUT2D eigenvalue weighted by molar-refractivity contribution is 0.283. The first-order valence-electron chi connectivity index (χ1n) is 8.61. The molecule has 1 aromatic carbocycles. The predicted octanol–water partition coefficient (Wildman–Crippen LogP) is 2.74. The average Bonchev–Trinajstić information content (AvgIpc) is 2.64. The summed E-state index contributed by atoms with van der Waals surface area (Å²) >= 11 is 0. The Labute approximate surface area is 144 Å². The standard InChI is InChI=1S/C19H25N5/c1-2-20-18-10-11-21-19(22-18)24-15-13-23(14-16-24)12-6-9-17-7-4-3-5-8-17/h3-11H,2,12-16H2,1H3,(H,20,21,22). The van der Waals surface area contributed by atoms with Crippen LogP contribution in [0.5, 0.6) is 0 Å². The third-order valence-electron chi connectivity index (χ3n) is 4.13. The molecule has 5 nitrogen and oxygen atoms in total. The Hall–Kier alpha value is -2.40. The van der Waals surface area contributed by atoms with Crippen LogP contribution in [0.2, 0.25) is 0 Å². The van der Waals surface area contributed by atoms with Crippen LogP contribution in [0.25, 0.3) is 6.08 Å². The van der Waals surface area contributed by atoms with Gasteiger partial charge in [-0.25, -0.2) is 4.98 Å². The van der Waals surface area contributed by atoms with E-state index in [1.54, 1.807) is 0 Å². The number of nitrogens with one attached hydrogen (secondary N) is 1. The van der Waals surface area contributed by atoms with E-state index in [1.807, 2.05) is 18.3 Å². The summed E-state index contributed by atoms with van der Waals surface area (Å²) in [7, 11) is 0. The Morgan fingerprint density at radius 1 is 1.08 bits per heavy atom. The van der Waals surface area contributed by atoms with Gasteiger partial charge < -0.3 is 10.2 Å². The van der Waals surface area contributed by atoms with Crippen molar-refractivity contribution in [2.24, 2.45) is 0 Å². The van der Waals surface area contributed by atoms with Gasteiger partial charge in [-0.1, -0.05) is 42.5 Å². The van der Waals surface area contributed by atoms with E-state index < -0.39 is 0 Å². The smallest absolute Gasteiger partial charge is 0.227 e. The van der Waals surface area contributed by atoms with Crippen molar-refractivity contribution in [3.8, 4) is 0 Å². The fourth-order valence-electron chi connectivity index (χ4n) is 2.81. The minimum Gasteiger partial charge on any atom is -0.370 e. The van der Waals surface area contributed by atoms with Gasteiger partial charge >= 0.3 is 0 Å². The minimum absolute atomic E-state index is 0.827. The quantitative estimate of drug-likeness (QED) is 0.885. The van der Waals surface area contributed by atoms with Gasteiger partial charge in [0.25, 0.3) is 0 Å². The van der Waals surface area contributed by atoms with Crippen molar-refractivity contribution in [3.05, 3.63) is 54.2 Å². The zero-order valence-corrected chi connectivity index (χ0v) is 14.2. The zero-order chi connectivity index (χ0) is 16.6. The van der Waals surface area contributed by atoms with Crippen molar-refractivity contribution >= 4 is 17.8 Å². The lowest BCUT2D eigenvalue weighted by atomic mass is 10.2. The van der Waals surface area contributed by atoms with E-state index >= 15 is 0 Å². The molecule has 1 saturated heterocycles. The minimum atomic E-state index is 0.827. The SMILES string of the molecule is CCNc1ccnc(N2CCN(CC=Cc3ccccc3)CC2)n1. The highest BCUT2D eigenvalue weighted by Crippen LogP contribution is 2.13. The molecule has 3 rings (SSSR count). The van der Waals surface area contributed by atoms with E-state index in [4.69, 9.17) is 0 Å². The van der Waals surface area contributed by atoms with Gasteiger partial charge in [-0.3, -0.25) is 4.90 Å². The van der Waals surface area contributed by atoms with E-state index in [2.05, 4.69) is 68.4 Å². The summed E-state index contributed by atoms with van der Waals surface area (Å²) < 4.78 is 0. The largest absolute Gasteiger partial charge is 0.370 e. The molecule has 2 heterocycles. The Bertz CT molecular complexity index is 648. The van der Waals surface area contributed by atoms with Crippen molar-refractivity contribution in [1.82, 2.24) is 14.9 Å². The first kappa shape index (κ1) is 16.5. The van der Waals surface area contributed by atoms with Gasteiger partial charge in [-0.05, 0) is 18.6 Å². The van der Waals surface area contributed by atoms with E-state index in [-0.39, 0.29) is 0 Å². The maximum absolute atomic E-state index is 4.58. The number of anilines is 2. The second-order valence-electron chi connectivity index (χ2n) is 5.87. The Balaban J connectivity index is 1.49. The molecule has 1 fully saturated rings. The number of benzene rings is 1. The zero-order valence-electron chi connectivity index (χ0n) is 14.2. The monoisotopic (exact) mass is 323 g/mol. The van der Waals surface area contributed by atoms with Crippen molar-refractivity contribution in [2.45, 2.75) is 6.92 Å². The highest BCUT2D eigenvalue weighted by molar-refractivity contribution is 5.48. The van der Waals surface area contributed by atoms with Crippen LogP contribution in [-0.2, 0) is 0 Å². The lowest BCUT2D eigenvalue weighted by Crippen LogP contribution is -2.47. The molecule has 0 unspecified atom stereocenters. The van der Waals surface area contributed by atoms with Crippen LogP contribution in [0.15, 0.2) is 48.7 Å². The van der Waals surface area contributed by atoms with Gasteiger partial charge in [-0.2, -0.15) is 4.98 Å². The second-order valence-corrected chi connectivity index (χ2v) is 5.87. The van der Waals surface area contributed by atoms with Gasteiger partial charge in [0, 0.05) is 45.5 Å². The third-order valence-corrected chi connectivity index (χ3v) is 4.13. The number of piperazine rings is 1. The van der Waals surface area contributed by atoms with Gasteiger partial charge in [-0.15, -0.1) is 0 Å². The number of aromatic nitrogens is 2. The van der Waals surface area contributed by atoms with E-state index in [0.29, 0.717) is 0 Å². The van der Waals surface area contributed by atoms with Crippen LogP contribution in [-0.4, -0.2) is 54.1 Å². The molecular weight excluding hydrogens is 298 g/mol. The lowest BCUT2D eigenvalue weighted by Gasteiger charge is -2.34. The molecule has 0 atom stereocenters. The molecule has 2 aromatic rings. The van der Waals surface area contributed by atoms with Crippen molar-refractivity contribution in [2.75, 3.05) is 49.5 Å². The summed E-state index contributed by atoms with van der Waals surface area (Å²) in [5, 5.41) is 3.24. The van der Waals surface area contributed by atoms with Crippen LogP contribution in [0.4, 0.5) is 11.8 Å². The van der Waals surface area contributed by atoms with E-state index in [9.17, 15) is 0 Å². The molecule has 0 aliphatic carbocycles. The molecule has 24 heavy (non-hydrogen) atoms. The average molecular weight is 323 g/mol. The molecule has 0 bridgehead atoms. The molecule has 1 aliphatic heterocycles. The molecule has 0 saturated carbocycles. The Kier molecular flexibility index (Phi) is 5.80. The maximum Gasteiger partial charge on any atom is 0.227 e. The number of nitrogens with zero attached hydrogens (tertiary/aromatic N) is 4. The molecular formula is C19H25N5. The first-order chi connectivity index (χ1) is 11.8. The topological polar surface area (TPSA) is 44.3 Å². The molecule has 5 heteroatoms. The Morgan fingerprint density at radius 2 is 1.88 bits per heavy atom. The van der Waals surface area contributed by atoms with Crippen LogP contribution in [0, 0.1) is 0 Å². The van der Waals surface area contributed by atoms with E-state index in [0.717, 1.165) is 51.0 Å². The normalized spacial score (nSPS) is 15.8. The molecule has 126 valence electrons. The van der Waals surface area contributed by atoms with E-state index in [1.165, 1.54) is 5.56 Å². The van der Waals surface area contributed by atoms with Gasteiger partial charge in [0.2, 0.25) is 5.95 Å². The summed E-state index contributed by atoms with van der Waals surface area (Å²) in [5.74, 6) is 1.73. The van der Waals surface area contributed by atoms with Crippen LogP contribution >= 0.6 is 0 Å². The first-order valence-corrected chi connectivity index (χ1v) is 8.61. The van der Waals surface area contributed by atoms with Crippen molar-refractivity contribution in [3.63, 3.8) is 0 Å². The van der Waals surface area contributed by atoms with Gasteiger partial charge in [0.15, 0.2) is 0 Å². The van der Waals surface area contributed by atoms with Crippen molar-refractivity contribution in [1.29, 1.82) is 0 Å². The summed E-state index contributed by atoms with van der Waals surface area (Å²) in [6.45, 7) is 7.94. The molecule has 1 aromatic heterocycles. The summed E-state index contributed by atoms with van der Waals surface area (Å²) in [4.78, 5) is 13.7. The van der Waals surface area contributed by atoms with Crippen LogP contribution < -0.4 is 10.2 Å². The number of hydrogen-bond donors (Lipinski definition) is 1. The highest BCUT2D eigenvalue weighted by Gasteiger charge is 2.18. The summed E-state index contributed by atoms with van der Waals surface area (Å²) in [5.41, 5.74) is 1.25. The molecule has 0 spiro atoms. The fourth-order valence-corrected chi connectivity index (χ4v) is 2.81. The van der Waals surface area contributed by atoms with Crippen LogP contribution in [0.3, 0.4) is 0 Å². The Morgan fingerprint density at radius 3 is 2.62 bits per heavy atom. The number of rotatable bonds is 6. The van der Waals surface area contributed by atoms with Gasteiger partial charge in [0.05, 0.1) is 0 Å². The number of hydrogen-bond acceptors (Lipinski definition) is 5. The molecule has 1 aliphatic rings. The fraction of sp³-hybridized carbons (Fsp3) is 0.368. The predicted molar refractivity (Wildman–Crippen MR) is 100 cm³/mol. The van der Waals surface area contributed by atoms with Crippen LogP contribution in [0.1, 0.15) is 12.5 Å². The van der Waals surface area contributed by atoms with Gasteiger partial charge in [0.1, 0.15) is 5.82 Å². The molecule has 0 amide bonds. The maximum atomic E-state index is 4.58. The molecule has 0 radical (unpaired) electrons. The highest BCUT2D eigenvalue weighted by atomic mass is 15.3. The summed E-state index contributed by atoms with van der Waals surface area (Å²) in [6, 6.07) is 12.4. The van der Waals surface area contributed by atoms with Crippen molar-refractivity contribution < 1.29 is 0 Å².